The molecule has 0 radical (unpaired) electrons. The van der Waals surface area contributed by atoms with E-state index in [0.717, 1.165) is 5.56 Å². The number of rotatable bonds is 9. The predicted molar refractivity (Wildman–Crippen MR) is 115 cm³/mol. The van der Waals surface area contributed by atoms with E-state index in [0.29, 0.717) is 32.6 Å². The second-order valence-corrected chi connectivity index (χ2v) is 9.28. The molecule has 1 aliphatic rings. The molecular formula is C23H33F3N2O5. The topological polar surface area (TPSA) is 77.1 Å². The van der Waals surface area contributed by atoms with Crippen molar-refractivity contribution >= 4 is 12.0 Å². The van der Waals surface area contributed by atoms with Crippen molar-refractivity contribution in [3.63, 3.8) is 0 Å². The van der Waals surface area contributed by atoms with Gasteiger partial charge >= 0.3 is 18.2 Å². The first-order chi connectivity index (χ1) is 15.4. The van der Waals surface area contributed by atoms with Gasteiger partial charge in [0.15, 0.2) is 0 Å². The molecule has 1 saturated heterocycles. The molecule has 0 aliphatic carbocycles. The van der Waals surface area contributed by atoms with Crippen LogP contribution in [0.3, 0.4) is 0 Å². The smallest absolute Gasteiger partial charge is 0.444 e. The molecule has 1 aromatic rings. The lowest BCUT2D eigenvalue weighted by Crippen LogP contribution is -2.55. The monoisotopic (exact) mass is 474 g/mol. The van der Waals surface area contributed by atoms with Crippen LogP contribution in [0.25, 0.3) is 0 Å². The summed E-state index contributed by atoms with van der Waals surface area (Å²) < 4.78 is 54.8. The minimum atomic E-state index is -4.98. The van der Waals surface area contributed by atoms with Crippen molar-refractivity contribution in [1.82, 2.24) is 10.2 Å². The predicted octanol–water partition coefficient (Wildman–Crippen LogP) is 3.92. The second-order valence-electron chi connectivity index (χ2n) is 9.28. The van der Waals surface area contributed by atoms with E-state index in [-0.39, 0.29) is 26.3 Å². The van der Waals surface area contributed by atoms with E-state index in [9.17, 15) is 22.8 Å². The molecule has 7 nitrogen and oxygen atoms in total. The molecule has 2 amide bonds. The minimum absolute atomic E-state index is 0.0686. The first-order valence-corrected chi connectivity index (χ1v) is 10.9. The van der Waals surface area contributed by atoms with Crippen LogP contribution in [-0.2, 0) is 25.6 Å². The Labute approximate surface area is 192 Å². The Kier molecular flexibility index (Phi) is 9.54. The van der Waals surface area contributed by atoms with E-state index in [2.05, 4.69) is 0 Å². The maximum absolute atomic E-state index is 12.7. The summed E-state index contributed by atoms with van der Waals surface area (Å²) in [6, 6.07) is 9.61. The molecule has 1 fully saturated rings. The van der Waals surface area contributed by atoms with Crippen LogP contribution in [0.2, 0.25) is 0 Å². The van der Waals surface area contributed by atoms with E-state index in [1.165, 1.54) is 4.90 Å². The van der Waals surface area contributed by atoms with E-state index < -0.39 is 29.2 Å². The molecule has 1 aliphatic heterocycles. The number of amides is 2. The summed E-state index contributed by atoms with van der Waals surface area (Å²) in [5, 5.41) is 1.96. The molecule has 0 saturated carbocycles. The van der Waals surface area contributed by atoms with Crippen LogP contribution in [0.1, 0.15) is 39.2 Å². The summed E-state index contributed by atoms with van der Waals surface area (Å²) in [6.07, 6.45) is -4.48. The third kappa shape index (κ3) is 9.59. The van der Waals surface area contributed by atoms with Crippen molar-refractivity contribution in [3.8, 4) is 0 Å². The SMILES string of the molecule is CC(C)(C)OC(=O)N1CCCC(CNC(=O)C(F)(F)F)(COCCOCc2ccccc2)C1. The van der Waals surface area contributed by atoms with Gasteiger partial charge in [-0.1, -0.05) is 30.3 Å². The first kappa shape index (κ1) is 26.9. The Balaban J connectivity index is 1.93. The van der Waals surface area contributed by atoms with Gasteiger partial charge in [0.2, 0.25) is 0 Å². The van der Waals surface area contributed by atoms with Crippen LogP contribution in [0.5, 0.6) is 0 Å². The summed E-state index contributed by atoms with van der Waals surface area (Å²) in [4.78, 5) is 25.4. The van der Waals surface area contributed by atoms with Gasteiger partial charge < -0.3 is 24.4 Å². The Morgan fingerprint density at radius 3 is 2.39 bits per heavy atom. The highest BCUT2D eigenvalue weighted by Gasteiger charge is 2.43. The van der Waals surface area contributed by atoms with Crippen LogP contribution in [0, 0.1) is 5.41 Å². The first-order valence-electron chi connectivity index (χ1n) is 10.9. The Morgan fingerprint density at radius 1 is 1.09 bits per heavy atom. The van der Waals surface area contributed by atoms with Gasteiger partial charge in [0.1, 0.15) is 5.60 Å². The van der Waals surface area contributed by atoms with Crippen molar-refractivity contribution in [2.45, 2.75) is 52.0 Å². The minimum Gasteiger partial charge on any atom is -0.444 e. The van der Waals surface area contributed by atoms with Crippen LogP contribution in [0.4, 0.5) is 18.0 Å². The van der Waals surface area contributed by atoms with Gasteiger partial charge in [0.05, 0.1) is 26.4 Å². The van der Waals surface area contributed by atoms with Gasteiger partial charge in [-0.15, -0.1) is 0 Å². The standard InChI is InChI=1S/C23H33F3N2O5/c1-21(2,3)33-20(30)28-11-7-10-22(16-28,15-27-19(29)23(24,25)26)17-32-13-12-31-14-18-8-5-4-6-9-18/h4-6,8-9H,7,10-17H2,1-3H3,(H,27,29). The van der Waals surface area contributed by atoms with Crippen molar-refractivity contribution in [3.05, 3.63) is 35.9 Å². The Bertz CT molecular complexity index is 768. The van der Waals surface area contributed by atoms with Crippen molar-refractivity contribution < 1.29 is 37.0 Å². The van der Waals surface area contributed by atoms with Crippen LogP contribution in [-0.4, -0.2) is 68.1 Å². The average Bonchev–Trinajstić information content (AvgIpc) is 2.73. The molecular weight excluding hydrogens is 441 g/mol. The van der Waals surface area contributed by atoms with Gasteiger partial charge in [0.25, 0.3) is 0 Å². The lowest BCUT2D eigenvalue weighted by atomic mass is 9.80. The number of halogens is 3. The van der Waals surface area contributed by atoms with E-state index in [1.54, 1.807) is 20.8 Å². The largest absolute Gasteiger partial charge is 0.471 e. The zero-order chi connectivity index (χ0) is 24.5. The fourth-order valence-corrected chi connectivity index (χ4v) is 3.54. The molecule has 186 valence electrons. The number of hydrogen-bond acceptors (Lipinski definition) is 5. The molecule has 1 unspecified atom stereocenters. The Hall–Kier alpha value is -2.33. The van der Waals surface area contributed by atoms with Crippen LogP contribution >= 0.6 is 0 Å². The zero-order valence-corrected chi connectivity index (χ0v) is 19.4. The van der Waals surface area contributed by atoms with Crippen molar-refractivity contribution in [1.29, 1.82) is 0 Å². The number of piperidine rings is 1. The summed E-state index contributed by atoms with van der Waals surface area (Å²) in [5.74, 6) is -2.01. The molecule has 0 spiro atoms. The lowest BCUT2D eigenvalue weighted by Gasteiger charge is -2.43. The summed E-state index contributed by atoms with van der Waals surface area (Å²) in [5.41, 5.74) is -0.548. The number of benzene rings is 1. The number of ether oxygens (including phenoxy) is 3. The molecule has 10 heteroatoms. The summed E-state index contributed by atoms with van der Waals surface area (Å²) >= 11 is 0. The van der Waals surface area contributed by atoms with E-state index in [1.807, 2.05) is 35.6 Å². The number of nitrogens with one attached hydrogen (secondary N) is 1. The highest BCUT2D eigenvalue weighted by Crippen LogP contribution is 2.31. The maximum atomic E-state index is 12.7. The second kappa shape index (κ2) is 11.7. The molecule has 2 rings (SSSR count). The Morgan fingerprint density at radius 2 is 1.76 bits per heavy atom. The zero-order valence-electron chi connectivity index (χ0n) is 19.4. The molecule has 33 heavy (non-hydrogen) atoms. The highest BCUT2D eigenvalue weighted by molar-refractivity contribution is 5.81. The van der Waals surface area contributed by atoms with Gasteiger partial charge in [-0.3, -0.25) is 4.79 Å². The van der Waals surface area contributed by atoms with Gasteiger partial charge in [-0.25, -0.2) is 4.79 Å². The van der Waals surface area contributed by atoms with Crippen LogP contribution in [0.15, 0.2) is 30.3 Å². The molecule has 1 aromatic carbocycles. The summed E-state index contributed by atoms with van der Waals surface area (Å²) in [6.45, 7) is 6.51. The number of carbonyl (C=O) groups is 2. The number of likely N-dealkylation sites (tertiary alicyclic amines) is 1. The van der Waals surface area contributed by atoms with Gasteiger partial charge in [-0.05, 0) is 39.2 Å². The summed E-state index contributed by atoms with van der Waals surface area (Å²) in [7, 11) is 0. The third-order valence-corrected chi connectivity index (χ3v) is 5.09. The average molecular weight is 475 g/mol. The van der Waals surface area contributed by atoms with Crippen molar-refractivity contribution in [2.24, 2.45) is 5.41 Å². The van der Waals surface area contributed by atoms with Gasteiger partial charge in [-0.2, -0.15) is 13.2 Å². The molecule has 0 aromatic heterocycles. The molecule has 0 bridgehead atoms. The van der Waals surface area contributed by atoms with Crippen LogP contribution < -0.4 is 5.32 Å². The van der Waals surface area contributed by atoms with Gasteiger partial charge in [0, 0.05) is 25.0 Å². The quantitative estimate of drug-likeness (QED) is 0.549. The molecule has 1 atom stereocenters. The normalized spacial score (nSPS) is 19.3. The molecule has 1 N–H and O–H groups in total. The third-order valence-electron chi connectivity index (χ3n) is 5.09. The fraction of sp³-hybridized carbons (Fsp3) is 0.652. The molecule has 1 heterocycles. The fourth-order valence-electron chi connectivity index (χ4n) is 3.54. The number of carbonyl (C=O) groups excluding carboxylic acids is 2. The highest BCUT2D eigenvalue weighted by atomic mass is 19.4. The van der Waals surface area contributed by atoms with Crippen molar-refractivity contribution in [2.75, 3.05) is 39.5 Å². The number of nitrogens with zero attached hydrogens (tertiary/aromatic N) is 1. The van der Waals surface area contributed by atoms with E-state index in [4.69, 9.17) is 14.2 Å². The number of alkyl halides is 3. The lowest BCUT2D eigenvalue weighted by molar-refractivity contribution is -0.174. The maximum Gasteiger partial charge on any atom is 0.471 e. The van der Waals surface area contributed by atoms with E-state index >= 15 is 0 Å². The number of hydrogen-bond donors (Lipinski definition) is 1.